The van der Waals surface area contributed by atoms with E-state index in [-0.39, 0.29) is 12.5 Å². The first-order valence-electron chi connectivity index (χ1n) is 21.9. The van der Waals surface area contributed by atoms with Crippen molar-refractivity contribution in [2.75, 3.05) is 6.61 Å². The fourth-order valence-electron chi connectivity index (χ4n) is 6.89. The highest BCUT2D eigenvalue weighted by atomic mass is 16.3. The number of amides is 1. The highest BCUT2D eigenvalue weighted by Crippen LogP contribution is 2.16. The number of aliphatic hydroxyl groups is 2. The normalized spacial score (nSPS) is 13.0. The van der Waals surface area contributed by atoms with E-state index >= 15 is 0 Å². The van der Waals surface area contributed by atoms with Gasteiger partial charge >= 0.3 is 0 Å². The molecule has 0 unspecified atom stereocenters. The molecule has 0 aliphatic rings. The standard InChI is InChI=1S/C44H87NO3/c1-3-5-7-9-11-13-15-17-19-20-21-22-23-24-25-26-28-30-32-34-36-38-40-44(48)45-42(41-46)43(47)39-37-35-33-31-29-27-18-16-14-12-10-8-6-4-2/h29,31,42-43,46-47H,3-28,30,32-41H2,1-2H3,(H,45,48)/b31-29+/t42-,43+/m0/s1. The van der Waals surface area contributed by atoms with Gasteiger partial charge in [0.15, 0.2) is 0 Å². The average molecular weight is 678 g/mol. The Labute approximate surface area is 301 Å². The summed E-state index contributed by atoms with van der Waals surface area (Å²) in [6, 6.07) is -0.547. The van der Waals surface area contributed by atoms with E-state index in [0.29, 0.717) is 12.8 Å². The molecule has 0 aliphatic carbocycles. The van der Waals surface area contributed by atoms with Gasteiger partial charge in [-0.3, -0.25) is 4.79 Å². The van der Waals surface area contributed by atoms with Crippen LogP contribution in [0.15, 0.2) is 12.2 Å². The molecule has 0 radical (unpaired) electrons. The van der Waals surface area contributed by atoms with Gasteiger partial charge in [0.2, 0.25) is 5.91 Å². The summed E-state index contributed by atoms with van der Waals surface area (Å²) in [6.45, 7) is 4.36. The smallest absolute Gasteiger partial charge is 0.220 e. The molecule has 0 aromatic rings. The number of allylic oxidation sites excluding steroid dienone is 2. The number of unbranched alkanes of at least 4 members (excludes halogenated alkanes) is 31. The van der Waals surface area contributed by atoms with E-state index < -0.39 is 12.1 Å². The Kier molecular flexibility index (Phi) is 39.8. The van der Waals surface area contributed by atoms with Crippen LogP contribution in [0, 0.1) is 0 Å². The number of nitrogens with one attached hydrogen (secondary N) is 1. The van der Waals surface area contributed by atoms with Crippen molar-refractivity contribution in [1.29, 1.82) is 0 Å². The first-order valence-corrected chi connectivity index (χ1v) is 21.9. The minimum atomic E-state index is -0.676. The van der Waals surface area contributed by atoms with E-state index in [1.54, 1.807) is 0 Å². The lowest BCUT2D eigenvalue weighted by molar-refractivity contribution is -0.123. The van der Waals surface area contributed by atoms with Crippen LogP contribution in [-0.2, 0) is 4.79 Å². The van der Waals surface area contributed by atoms with Crippen LogP contribution >= 0.6 is 0 Å². The molecule has 0 aliphatic heterocycles. The summed E-state index contributed by atoms with van der Waals surface area (Å²) in [5.74, 6) is -0.0369. The molecule has 2 atom stereocenters. The molecule has 0 rings (SSSR count). The van der Waals surface area contributed by atoms with Crippen LogP contribution in [0.1, 0.15) is 245 Å². The number of carbonyl (C=O) groups excluding carboxylic acids is 1. The van der Waals surface area contributed by atoms with Crippen molar-refractivity contribution in [3.8, 4) is 0 Å². The predicted molar refractivity (Wildman–Crippen MR) is 212 cm³/mol. The molecule has 0 aromatic carbocycles. The van der Waals surface area contributed by atoms with E-state index in [9.17, 15) is 15.0 Å². The zero-order valence-corrected chi connectivity index (χ0v) is 32.8. The molecule has 0 bridgehead atoms. The van der Waals surface area contributed by atoms with Crippen molar-refractivity contribution < 1.29 is 15.0 Å². The molecule has 4 heteroatoms. The van der Waals surface area contributed by atoms with E-state index in [1.807, 2.05) is 0 Å². The second-order valence-electron chi connectivity index (χ2n) is 15.1. The average Bonchev–Trinajstić information content (AvgIpc) is 3.09. The van der Waals surface area contributed by atoms with E-state index in [1.165, 1.54) is 186 Å². The van der Waals surface area contributed by atoms with Gasteiger partial charge in [-0.15, -0.1) is 0 Å². The maximum atomic E-state index is 12.4. The predicted octanol–water partition coefficient (Wildman–Crippen LogP) is 13.5. The quantitative estimate of drug-likeness (QED) is 0.0446. The number of rotatable bonds is 40. The fourth-order valence-corrected chi connectivity index (χ4v) is 6.89. The molecule has 4 nitrogen and oxygen atoms in total. The highest BCUT2D eigenvalue weighted by Gasteiger charge is 2.19. The van der Waals surface area contributed by atoms with Gasteiger partial charge in [0, 0.05) is 6.42 Å². The van der Waals surface area contributed by atoms with Crippen LogP contribution in [-0.4, -0.2) is 34.9 Å². The van der Waals surface area contributed by atoms with Crippen molar-refractivity contribution in [3.05, 3.63) is 12.2 Å². The third-order valence-corrected chi connectivity index (χ3v) is 10.3. The first kappa shape index (κ1) is 47.1. The van der Waals surface area contributed by atoms with Crippen molar-refractivity contribution in [2.45, 2.75) is 257 Å². The minimum absolute atomic E-state index is 0.0369. The molecule has 3 N–H and O–H groups in total. The topological polar surface area (TPSA) is 69.6 Å². The largest absolute Gasteiger partial charge is 0.394 e. The summed E-state index contributed by atoms with van der Waals surface area (Å²) in [6.07, 6.45) is 50.1. The van der Waals surface area contributed by atoms with Crippen LogP contribution < -0.4 is 5.32 Å². The minimum Gasteiger partial charge on any atom is -0.394 e. The van der Waals surface area contributed by atoms with Gasteiger partial charge in [-0.05, 0) is 38.5 Å². The number of hydrogen-bond acceptors (Lipinski definition) is 3. The van der Waals surface area contributed by atoms with Crippen molar-refractivity contribution in [3.63, 3.8) is 0 Å². The van der Waals surface area contributed by atoms with Crippen LogP contribution in [0.2, 0.25) is 0 Å². The summed E-state index contributed by atoms with van der Waals surface area (Å²) < 4.78 is 0. The summed E-state index contributed by atoms with van der Waals surface area (Å²) in [4.78, 5) is 12.4. The van der Waals surface area contributed by atoms with Gasteiger partial charge in [0.25, 0.3) is 0 Å². The lowest BCUT2D eigenvalue weighted by atomic mass is 10.0. The van der Waals surface area contributed by atoms with Crippen molar-refractivity contribution in [1.82, 2.24) is 5.32 Å². The highest BCUT2D eigenvalue weighted by molar-refractivity contribution is 5.76. The van der Waals surface area contributed by atoms with Gasteiger partial charge in [0.1, 0.15) is 0 Å². The number of carbonyl (C=O) groups is 1. The summed E-state index contributed by atoms with van der Waals surface area (Å²) in [7, 11) is 0. The Morgan fingerprint density at radius 2 is 0.792 bits per heavy atom. The zero-order chi connectivity index (χ0) is 35.0. The van der Waals surface area contributed by atoms with Crippen LogP contribution in [0.5, 0.6) is 0 Å². The second-order valence-corrected chi connectivity index (χ2v) is 15.1. The monoisotopic (exact) mass is 678 g/mol. The SMILES string of the molecule is CCCCCCCCCC/C=C/CCCC[C@@H](O)[C@H](CO)NC(=O)CCCCCCCCCCCCCCCCCCCCCCCC. The Bertz CT molecular complexity index is 651. The molecular weight excluding hydrogens is 590 g/mol. The number of aliphatic hydroxyl groups excluding tert-OH is 2. The maximum Gasteiger partial charge on any atom is 0.220 e. The molecule has 0 fully saturated rings. The van der Waals surface area contributed by atoms with Crippen LogP contribution in [0.4, 0.5) is 0 Å². The zero-order valence-electron chi connectivity index (χ0n) is 32.8. The second kappa shape index (κ2) is 40.6. The Morgan fingerprint density at radius 3 is 1.15 bits per heavy atom. The van der Waals surface area contributed by atoms with E-state index in [2.05, 4.69) is 31.3 Å². The molecule has 0 spiro atoms. The van der Waals surface area contributed by atoms with E-state index in [0.717, 1.165) is 32.1 Å². The Morgan fingerprint density at radius 1 is 0.479 bits per heavy atom. The number of hydrogen-bond donors (Lipinski definition) is 3. The molecule has 286 valence electrons. The molecule has 0 saturated heterocycles. The van der Waals surface area contributed by atoms with Gasteiger partial charge in [0.05, 0.1) is 18.8 Å². The van der Waals surface area contributed by atoms with Gasteiger partial charge < -0.3 is 15.5 Å². The fraction of sp³-hybridized carbons (Fsp3) is 0.932. The molecule has 48 heavy (non-hydrogen) atoms. The molecule has 0 heterocycles. The van der Waals surface area contributed by atoms with Gasteiger partial charge in [-0.25, -0.2) is 0 Å². The maximum absolute atomic E-state index is 12.4. The van der Waals surface area contributed by atoms with Gasteiger partial charge in [-0.2, -0.15) is 0 Å². The van der Waals surface area contributed by atoms with Crippen molar-refractivity contribution in [2.24, 2.45) is 0 Å². The van der Waals surface area contributed by atoms with Crippen LogP contribution in [0.3, 0.4) is 0 Å². The first-order chi connectivity index (χ1) is 23.7. The lowest BCUT2D eigenvalue weighted by Gasteiger charge is -2.22. The third kappa shape index (κ3) is 36.4. The molecule has 0 aromatic heterocycles. The molecule has 1 amide bonds. The van der Waals surface area contributed by atoms with Crippen LogP contribution in [0.25, 0.3) is 0 Å². The summed E-state index contributed by atoms with van der Waals surface area (Å²) in [5, 5.41) is 23.1. The Balaban J connectivity index is 3.48. The lowest BCUT2D eigenvalue weighted by Crippen LogP contribution is -2.45. The Hall–Kier alpha value is -0.870. The summed E-state index contributed by atoms with van der Waals surface area (Å²) in [5.41, 5.74) is 0. The van der Waals surface area contributed by atoms with Gasteiger partial charge in [-0.1, -0.05) is 212 Å². The third-order valence-electron chi connectivity index (χ3n) is 10.3. The van der Waals surface area contributed by atoms with Crippen molar-refractivity contribution >= 4 is 5.91 Å². The van der Waals surface area contributed by atoms with E-state index in [4.69, 9.17) is 0 Å². The summed E-state index contributed by atoms with van der Waals surface area (Å²) >= 11 is 0. The molecular formula is C44H87NO3. The molecule has 0 saturated carbocycles.